The van der Waals surface area contributed by atoms with Crippen LogP contribution in [0.15, 0.2) is 9.98 Å². The Kier molecular flexibility index (Phi) is 4.51. The average molecular weight is 280 g/mol. The summed E-state index contributed by atoms with van der Waals surface area (Å²) in [5, 5.41) is 3.28. The zero-order valence-electron chi connectivity index (χ0n) is 11.5. The van der Waals surface area contributed by atoms with E-state index in [4.69, 9.17) is 9.47 Å². The molecule has 2 saturated heterocycles. The topological polar surface area (TPSA) is 75.5 Å². The molecular formula is C13H20N4O3. The van der Waals surface area contributed by atoms with Gasteiger partial charge in [0.15, 0.2) is 0 Å². The van der Waals surface area contributed by atoms with Crippen LogP contribution in [-0.4, -0.2) is 81.0 Å². The molecule has 0 aromatic rings. The average Bonchev–Trinajstić information content (AvgIpc) is 2.81. The minimum absolute atomic E-state index is 0.0864. The zero-order valence-corrected chi connectivity index (χ0v) is 11.5. The first-order valence-electron chi connectivity index (χ1n) is 7.13. The number of carbonyl (C=O) groups is 1. The molecule has 0 bridgehead atoms. The number of hydrogen-bond acceptors (Lipinski definition) is 5. The first-order valence-corrected chi connectivity index (χ1v) is 7.13. The molecule has 20 heavy (non-hydrogen) atoms. The third-order valence-electron chi connectivity index (χ3n) is 3.70. The normalized spacial score (nSPS) is 28.4. The van der Waals surface area contributed by atoms with E-state index in [1.54, 1.807) is 0 Å². The van der Waals surface area contributed by atoms with Crippen molar-refractivity contribution in [2.75, 3.05) is 52.5 Å². The lowest BCUT2D eigenvalue weighted by Crippen LogP contribution is -2.43. The fourth-order valence-corrected chi connectivity index (χ4v) is 2.61. The van der Waals surface area contributed by atoms with E-state index >= 15 is 0 Å². The minimum Gasteiger partial charge on any atom is -0.379 e. The number of hydrogen-bond donors (Lipinski definition) is 1. The van der Waals surface area contributed by atoms with E-state index in [1.165, 1.54) is 0 Å². The van der Waals surface area contributed by atoms with Crippen molar-refractivity contribution in [3.05, 3.63) is 0 Å². The van der Waals surface area contributed by atoms with Gasteiger partial charge in [0.25, 0.3) is 0 Å². The number of nitrogens with one attached hydrogen (secondary N) is 1. The fraction of sp³-hybridized carbons (Fsp3) is 0.769. The summed E-state index contributed by atoms with van der Waals surface area (Å²) < 4.78 is 11.0. The van der Waals surface area contributed by atoms with Gasteiger partial charge in [0, 0.05) is 39.1 Å². The van der Waals surface area contributed by atoms with Crippen molar-refractivity contribution in [2.24, 2.45) is 9.98 Å². The maximum Gasteiger partial charge on any atom is 0.367 e. The molecule has 1 atom stereocenters. The number of urea groups is 1. The molecule has 110 valence electrons. The van der Waals surface area contributed by atoms with Gasteiger partial charge >= 0.3 is 6.03 Å². The van der Waals surface area contributed by atoms with Crippen LogP contribution < -0.4 is 5.32 Å². The van der Waals surface area contributed by atoms with Gasteiger partial charge in [0.2, 0.25) is 0 Å². The van der Waals surface area contributed by atoms with Gasteiger partial charge in [-0.1, -0.05) is 0 Å². The van der Waals surface area contributed by atoms with Crippen LogP contribution in [0.3, 0.4) is 0 Å². The van der Waals surface area contributed by atoms with Crippen molar-refractivity contribution in [2.45, 2.75) is 12.5 Å². The molecule has 1 N–H and O–H groups in total. The lowest BCUT2D eigenvalue weighted by atomic mass is 10.1. The Morgan fingerprint density at radius 1 is 1.20 bits per heavy atom. The molecule has 7 heteroatoms. The molecule has 3 aliphatic heterocycles. The Hall–Kier alpha value is -1.15. The van der Waals surface area contributed by atoms with Crippen molar-refractivity contribution in [3.8, 4) is 0 Å². The van der Waals surface area contributed by atoms with Crippen LogP contribution >= 0.6 is 0 Å². The van der Waals surface area contributed by atoms with Crippen LogP contribution in [0.4, 0.5) is 4.79 Å². The van der Waals surface area contributed by atoms with Crippen LogP contribution in [-0.2, 0) is 9.47 Å². The molecule has 3 heterocycles. The van der Waals surface area contributed by atoms with Crippen molar-refractivity contribution in [1.82, 2.24) is 10.2 Å². The summed E-state index contributed by atoms with van der Waals surface area (Å²) in [6, 6.07) is -0.382. The molecule has 0 spiro atoms. The molecule has 0 radical (unpaired) electrons. The molecule has 2 amide bonds. The van der Waals surface area contributed by atoms with Crippen molar-refractivity contribution >= 4 is 17.5 Å². The summed E-state index contributed by atoms with van der Waals surface area (Å²) in [6.45, 7) is 6.31. The summed E-state index contributed by atoms with van der Waals surface area (Å²) in [5.41, 5.74) is 1.58. The predicted octanol–water partition coefficient (Wildman–Crippen LogP) is -0.287. The molecule has 7 nitrogen and oxygen atoms in total. The van der Waals surface area contributed by atoms with Gasteiger partial charge in [-0.3, -0.25) is 4.90 Å². The molecule has 3 aliphatic rings. The van der Waals surface area contributed by atoms with Gasteiger partial charge in [-0.2, -0.15) is 9.98 Å². The third-order valence-corrected chi connectivity index (χ3v) is 3.70. The van der Waals surface area contributed by atoms with E-state index in [-0.39, 0.29) is 12.1 Å². The van der Waals surface area contributed by atoms with Gasteiger partial charge in [-0.05, 0) is 0 Å². The molecule has 3 rings (SSSR count). The molecule has 0 aromatic heterocycles. The molecule has 0 aliphatic carbocycles. The predicted molar refractivity (Wildman–Crippen MR) is 74.8 cm³/mol. The first-order chi connectivity index (χ1) is 9.81. The number of ether oxygens (including phenoxy) is 2. The number of amides is 2. The molecule has 1 unspecified atom stereocenters. The van der Waals surface area contributed by atoms with Gasteiger partial charge in [-0.25, -0.2) is 4.79 Å². The maximum atomic E-state index is 11.5. The molecular weight excluding hydrogens is 260 g/mol. The minimum atomic E-state index is -0.382. The summed E-state index contributed by atoms with van der Waals surface area (Å²) in [4.78, 5) is 21.8. The summed E-state index contributed by atoms with van der Waals surface area (Å²) in [5.74, 6) is 0. The van der Waals surface area contributed by atoms with Crippen molar-refractivity contribution < 1.29 is 14.3 Å². The number of nitrogens with zero attached hydrogens (tertiary/aromatic N) is 3. The Labute approximate surface area is 118 Å². The van der Waals surface area contributed by atoms with Gasteiger partial charge < -0.3 is 14.8 Å². The maximum absolute atomic E-state index is 11.5. The largest absolute Gasteiger partial charge is 0.379 e. The Morgan fingerprint density at radius 2 is 2.00 bits per heavy atom. The highest BCUT2D eigenvalue weighted by molar-refractivity contribution is 6.48. The van der Waals surface area contributed by atoms with E-state index in [0.29, 0.717) is 19.6 Å². The van der Waals surface area contributed by atoms with Crippen molar-refractivity contribution in [3.63, 3.8) is 0 Å². The number of rotatable bonds is 4. The Morgan fingerprint density at radius 3 is 2.75 bits per heavy atom. The monoisotopic (exact) mass is 280 g/mol. The molecule has 2 fully saturated rings. The van der Waals surface area contributed by atoms with Crippen LogP contribution in [0.1, 0.15) is 6.42 Å². The SMILES string of the molecule is O=C1N=C(CC2CNCCO2)C(CN2CCOCC2)=N1. The highest BCUT2D eigenvalue weighted by Crippen LogP contribution is 2.11. The Balaban J connectivity index is 1.59. The van der Waals surface area contributed by atoms with E-state index in [1.807, 2.05) is 0 Å². The fourth-order valence-electron chi connectivity index (χ4n) is 2.61. The van der Waals surface area contributed by atoms with E-state index in [0.717, 1.165) is 50.8 Å². The third kappa shape index (κ3) is 3.49. The second-order valence-corrected chi connectivity index (χ2v) is 5.19. The number of morpholine rings is 2. The number of aliphatic imine (C=N–C) groups is 2. The highest BCUT2D eigenvalue weighted by Gasteiger charge is 2.26. The molecule has 0 saturated carbocycles. The standard InChI is InChI=1S/C13H20N4O3/c18-13-15-11(7-10-8-14-1-4-20-10)12(16-13)9-17-2-5-19-6-3-17/h10,14H,1-9H2. The lowest BCUT2D eigenvalue weighted by Gasteiger charge is -2.27. The summed E-state index contributed by atoms with van der Waals surface area (Å²) in [6.07, 6.45) is 0.741. The second kappa shape index (κ2) is 6.53. The van der Waals surface area contributed by atoms with Crippen molar-refractivity contribution in [1.29, 1.82) is 0 Å². The van der Waals surface area contributed by atoms with Crippen LogP contribution in [0.25, 0.3) is 0 Å². The van der Waals surface area contributed by atoms with Crippen LogP contribution in [0.2, 0.25) is 0 Å². The first kappa shape index (κ1) is 13.8. The van der Waals surface area contributed by atoms with E-state index < -0.39 is 0 Å². The number of carbonyl (C=O) groups excluding carboxylic acids is 1. The van der Waals surface area contributed by atoms with Crippen LogP contribution in [0, 0.1) is 0 Å². The Bertz CT molecular complexity index is 385. The van der Waals surface area contributed by atoms with Gasteiger partial charge in [0.05, 0.1) is 37.3 Å². The van der Waals surface area contributed by atoms with Crippen LogP contribution in [0.5, 0.6) is 0 Å². The summed E-state index contributed by atoms with van der Waals surface area (Å²) >= 11 is 0. The quantitative estimate of drug-likeness (QED) is 0.766. The van der Waals surface area contributed by atoms with Gasteiger partial charge in [-0.15, -0.1) is 0 Å². The van der Waals surface area contributed by atoms with E-state index in [2.05, 4.69) is 20.2 Å². The summed E-state index contributed by atoms with van der Waals surface area (Å²) in [7, 11) is 0. The lowest BCUT2D eigenvalue weighted by molar-refractivity contribution is 0.0337. The molecule has 0 aromatic carbocycles. The van der Waals surface area contributed by atoms with E-state index in [9.17, 15) is 4.79 Å². The zero-order chi connectivity index (χ0) is 13.8. The smallest absolute Gasteiger partial charge is 0.367 e. The highest BCUT2D eigenvalue weighted by atomic mass is 16.5. The van der Waals surface area contributed by atoms with Gasteiger partial charge in [0.1, 0.15) is 0 Å². The second-order valence-electron chi connectivity index (χ2n) is 5.19.